The summed E-state index contributed by atoms with van der Waals surface area (Å²) in [6.45, 7) is 7.43. The lowest BCUT2D eigenvalue weighted by molar-refractivity contribution is 0.659. The van der Waals surface area contributed by atoms with E-state index in [0.29, 0.717) is 6.04 Å². The molecule has 0 saturated heterocycles. The molecule has 1 atom stereocenters. The average Bonchev–Trinajstić information content (AvgIpc) is 2.52. The zero-order valence-corrected chi connectivity index (χ0v) is 8.75. The number of aryl methyl sites for hydroxylation is 1. The van der Waals surface area contributed by atoms with Crippen molar-refractivity contribution in [2.75, 3.05) is 5.32 Å². The van der Waals surface area contributed by atoms with Crippen LogP contribution in [0.4, 0.5) is 5.69 Å². The Balaban J connectivity index is 2.44. The molecule has 0 radical (unpaired) electrons. The van der Waals surface area contributed by atoms with E-state index in [2.05, 4.69) is 31.2 Å². The Labute approximate surface area is 80.1 Å². The van der Waals surface area contributed by atoms with Crippen molar-refractivity contribution in [1.29, 1.82) is 0 Å². The van der Waals surface area contributed by atoms with Gasteiger partial charge in [-0.05, 0) is 20.3 Å². The van der Waals surface area contributed by atoms with Gasteiger partial charge in [0.2, 0.25) is 0 Å². The molecular weight excluding hydrogens is 162 g/mol. The maximum absolute atomic E-state index is 4.20. The van der Waals surface area contributed by atoms with Gasteiger partial charge in [0.05, 0.1) is 11.9 Å². The zero-order chi connectivity index (χ0) is 9.68. The minimum absolute atomic E-state index is 0.541. The number of anilines is 1. The largest absolute Gasteiger partial charge is 0.380 e. The van der Waals surface area contributed by atoms with Crippen molar-refractivity contribution in [3.63, 3.8) is 0 Å². The van der Waals surface area contributed by atoms with Crippen LogP contribution in [0, 0.1) is 0 Å². The van der Waals surface area contributed by atoms with Gasteiger partial charge in [0.15, 0.2) is 0 Å². The second-order valence-corrected chi connectivity index (χ2v) is 3.42. The fourth-order valence-corrected chi connectivity index (χ4v) is 1.40. The van der Waals surface area contributed by atoms with Crippen LogP contribution in [0.15, 0.2) is 12.4 Å². The van der Waals surface area contributed by atoms with E-state index < -0.39 is 0 Å². The average molecular weight is 181 g/mol. The second-order valence-electron chi connectivity index (χ2n) is 3.42. The van der Waals surface area contributed by atoms with E-state index in [0.717, 1.165) is 12.2 Å². The molecule has 13 heavy (non-hydrogen) atoms. The fraction of sp³-hybridized carbons (Fsp3) is 0.700. The number of nitrogens with zero attached hydrogens (tertiary/aromatic N) is 2. The Morgan fingerprint density at radius 3 is 2.85 bits per heavy atom. The van der Waals surface area contributed by atoms with Gasteiger partial charge < -0.3 is 5.32 Å². The van der Waals surface area contributed by atoms with Gasteiger partial charge in [0.1, 0.15) is 0 Å². The molecule has 0 saturated carbocycles. The zero-order valence-electron chi connectivity index (χ0n) is 8.75. The first-order valence-corrected chi connectivity index (χ1v) is 5.05. The molecule has 74 valence electrons. The van der Waals surface area contributed by atoms with Crippen molar-refractivity contribution in [3.05, 3.63) is 12.4 Å². The molecule has 1 rings (SSSR count). The Kier molecular flexibility index (Phi) is 3.80. The smallest absolute Gasteiger partial charge is 0.0728 e. The number of nitrogens with one attached hydrogen (secondary N) is 1. The highest BCUT2D eigenvalue weighted by Crippen LogP contribution is 2.08. The Morgan fingerprint density at radius 2 is 2.31 bits per heavy atom. The number of rotatable bonds is 5. The SMILES string of the molecule is CCC[C@@H](C)Nc1cnn(CC)c1. The third-order valence-electron chi connectivity index (χ3n) is 2.09. The third kappa shape index (κ3) is 3.09. The molecule has 0 amide bonds. The minimum atomic E-state index is 0.541. The van der Waals surface area contributed by atoms with Crippen LogP contribution >= 0.6 is 0 Å². The van der Waals surface area contributed by atoms with E-state index in [1.165, 1.54) is 12.8 Å². The van der Waals surface area contributed by atoms with E-state index in [1.807, 2.05) is 17.1 Å². The first-order chi connectivity index (χ1) is 6.26. The predicted molar refractivity (Wildman–Crippen MR) is 55.9 cm³/mol. The summed E-state index contributed by atoms with van der Waals surface area (Å²) in [4.78, 5) is 0. The van der Waals surface area contributed by atoms with Gasteiger partial charge in [0, 0.05) is 18.8 Å². The summed E-state index contributed by atoms with van der Waals surface area (Å²) in [5, 5.41) is 7.62. The van der Waals surface area contributed by atoms with Crippen molar-refractivity contribution < 1.29 is 0 Å². The number of aromatic nitrogens is 2. The van der Waals surface area contributed by atoms with Crippen molar-refractivity contribution in [3.8, 4) is 0 Å². The highest BCUT2D eigenvalue weighted by Gasteiger charge is 2.01. The van der Waals surface area contributed by atoms with Gasteiger partial charge in [0.25, 0.3) is 0 Å². The first kappa shape index (κ1) is 10.1. The molecule has 1 heterocycles. The van der Waals surface area contributed by atoms with Gasteiger partial charge in [-0.2, -0.15) is 5.10 Å². The van der Waals surface area contributed by atoms with Crippen LogP contribution in [-0.4, -0.2) is 15.8 Å². The Morgan fingerprint density at radius 1 is 1.54 bits per heavy atom. The quantitative estimate of drug-likeness (QED) is 0.756. The molecule has 0 bridgehead atoms. The first-order valence-electron chi connectivity index (χ1n) is 5.05. The van der Waals surface area contributed by atoms with Crippen LogP contribution in [0.2, 0.25) is 0 Å². The molecule has 1 aromatic rings. The molecule has 3 heteroatoms. The van der Waals surface area contributed by atoms with Crippen molar-refractivity contribution in [1.82, 2.24) is 9.78 Å². The summed E-state index contributed by atoms with van der Waals surface area (Å²) in [5.74, 6) is 0. The van der Waals surface area contributed by atoms with E-state index in [4.69, 9.17) is 0 Å². The van der Waals surface area contributed by atoms with Crippen molar-refractivity contribution in [2.24, 2.45) is 0 Å². The van der Waals surface area contributed by atoms with Crippen molar-refractivity contribution in [2.45, 2.75) is 46.2 Å². The van der Waals surface area contributed by atoms with Crippen LogP contribution in [0.25, 0.3) is 0 Å². The maximum Gasteiger partial charge on any atom is 0.0728 e. The van der Waals surface area contributed by atoms with E-state index in [1.54, 1.807) is 0 Å². The Bertz CT molecular complexity index is 242. The van der Waals surface area contributed by atoms with Crippen LogP contribution in [0.1, 0.15) is 33.6 Å². The van der Waals surface area contributed by atoms with Gasteiger partial charge in [-0.1, -0.05) is 13.3 Å². The molecule has 1 aromatic heterocycles. The predicted octanol–water partition coefficient (Wildman–Crippen LogP) is 2.50. The van der Waals surface area contributed by atoms with Crippen LogP contribution in [0.5, 0.6) is 0 Å². The normalized spacial score (nSPS) is 12.8. The van der Waals surface area contributed by atoms with E-state index in [-0.39, 0.29) is 0 Å². The highest BCUT2D eigenvalue weighted by molar-refractivity contribution is 5.38. The van der Waals surface area contributed by atoms with Crippen molar-refractivity contribution >= 4 is 5.69 Å². The molecule has 1 N–H and O–H groups in total. The molecule has 0 spiro atoms. The summed E-state index contributed by atoms with van der Waals surface area (Å²) in [5.41, 5.74) is 1.13. The van der Waals surface area contributed by atoms with Crippen LogP contribution in [-0.2, 0) is 6.54 Å². The molecule has 3 nitrogen and oxygen atoms in total. The van der Waals surface area contributed by atoms with E-state index in [9.17, 15) is 0 Å². The molecule has 0 aliphatic heterocycles. The monoisotopic (exact) mass is 181 g/mol. The summed E-state index contributed by atoms with van der Waals surface area (Å²) < 4.78 is 1.93. The minimum Gasteiger partial charge on any atom is -0.380 e. The fourth-order valence-electron chi connectivity index (χ4n) is 1.40. The summed E-state index contributed by atoms with van der Waals surface area (Å²) in [6.07, 6.45) is 6.36. The van der Waals surface area contributed by atoms with Crippen LogP contribution < -0.4 is 5.32 Å². The molecule has 0 fully saturated rings. The number of hydrogen-bond donors (Lipinski definition) is 1. The highest BCUT2D eigenvalue weighted by atomic mass is 15.3. The summed E-state index contributed by atoms with van der Waals surface area (Å²) in [7, 11) is 0. The molecular formula is C10H19N3. The Hall–Kier alpha value is -0.990. The molecule has 0 aliphatic carbocycles. The molecule has 0 aromatic carbocycles. The van der Waals surface area contributed by atoms with Crippen LogP contribution in [0.3, 0.4) is 0 Å². The molecule has 0 aliphatic rings. The summed E-state index contributed by atoms with van der Waals surface area (Å²) in [6, 6.07) is 0.541. The topological polar surface area (TPSA) is 29.9 Å². The summed E-state index contributed by atoms with van der Waals surface area (Å²) >= 11 is 0. The van der Waals surface area contributed by atoms with Gasteiger partial charge in [-0.15, -0.1) is 0 Å². The third-order valence-corrected chi connectivity index (χ3v) is 2.09. The van der Waals surface area contributed by atoms with Gasteiger partial charge in [-0.3, -0.25) is 4.68 Å². The lowest BCUT2D eigenvalue weighted by Crippen LogP contribution is -2.13. The standard InChI is InChI=1S/C10H19N3/c1-4-6-9(3)12-10-7-11-13(5-2)8-10/h7-9,12H,4-6H2,1-3H3/t9-/m1/s1. The number of hydrogen-bond acceptors (Lipinski definition) is 2. The van der Waals surface area contributed by atoms with E-state index >= 15 is 0 Å². The second kappa shape index (κ2) is 4.90. The van der Waals surface area contributed by atoms with Gasteiger partial charge in [-0.25, -0.2) is 0 Å². The lowest BCUT2D eigenvalue weighted by atomic mass is 10.2. The van der Waals surface area contributed by atoms with Gasteiger partial charge >= 0.3 is 0 Å². The molecule has 0 unspecified atom stereocenters. The lowest BCUT2D eigenvalue weighted by Gasteiger charge is -2.11. The maximum atomic E-state index is 4.20.